The predicted octanol–water partition coefficient (Wildman–Crippen LogP) is 9.45. The Labute approximate surface area is 778 Å². The Balaban J connectivity index is 0.000000117. The number of anilines is 3. The number of alkyl halides is 2. The van der Waals surface area contributed by atoms with Crippen LogP contribution >= 0.6 is 0 Å². The van der Waals surface area contributed by atoms with Crippen LogP contribution in [0.25, 0.3) is 11.2 Å². The van der Waals surface area contributed by atoms with Crippen molar-refractivity contribution in [3.05, 3.63) is 232 Å². The summed E-state index contributed by atoms with van der Waals surface area (Å²) < 4.78 is 86.4. The summed E-state index contributed by atoms with van der Waals surface area (Å²) in [6, 6.07) is 20.0. The fourth-order valence-electron chi connectivity index (χ4n) is 20.8. The smallest absolute Gasteiger partial charge is 0.382 e. The first-order valence-electron chi connectivity index (χ1n) is 43.4. The van der Waals surface area contributed by atoms with Crippen LogP contribution in [0.5, 0.6) is 0 Å². The third-order valence-electron chi connectivity index (χ3n) is 27.4. The lowest BCUT2D eigenvalue weighted by Crippen LogP contribution is -2.61. The Morgan fingerprint density at radius 3 is 1.16 bits per heavy atom. The van der Waals surface area contributed by atoms with E-state index < -0.39 is 130 Å². The highest BCUT2D eigenvalue weighted by Gasteiger charge is 2.61. The molecule has 10 atom stereocenters. The minimum absolute atomic E-state index is 0.00347. The minimum atomic E-state index is -3.03. The number of halogens is 5. The summed E-state index contributed by atoms with van der Waals surface area (Å²) in [5, 5.41) is 82.0. The van der Waals surface area contributed by atoms with Crippen molar-refractivity contribution in [1.82, 2.24) is 63.7 Å². The number of methoxy groups -OCH3 is 2. The zero-order valence-electron chi connectivity index (χ0n) is 74.1. The van der Waals surface area contributed by atoms with Crippen molar-refractivity contribution in [1.29, 1.82) is 15.8 Å². The minimum Gasteiger partial charge on any atom is -0.477 e. The molecule has 22 rings (SSSR count). The molecule has 0 radical (unpaired) electrons. The largest absolute Gasteiger partial charge is 0.477 e. The number of fused-ring (bicyclic) bond motifs is 16. The van der Waals surface area contributed by atoms with Crippen molar-refractivity contribution in [3.8, 4) is 18.2 Å². The van der Waals surface area contributed by atoms with E-state index in [-0.39, 0.29) is 137 Å². The van der Waals surface area contributed by atoms with Gasteiger partial charge in [0.2, 0.25) is 5.65 Å². The molecule has 45 heteroatoms. The number of aliphatic carboxylic acids is 2. The van der Waals surface area contributed by atoms with E-state index in [0.29, 0.717) is 118 Å². The van der Waals surface area contributed by atoms with Crippen LogP contribution in [-0.4, -0.2) is 182 Å². The van der Waals surface area contributed by atoms with Crippen LogP contribution in [0.15, 0.2) is 79.1 Å². The van der Waals surface area contributed by atoms with Gasteiger partial charge in [0.1, 0.15) is 75.3 Å². The number of H-pyrrole nitrogens is 1. The zero-order chi connectivity index (χ0) is 99.4. The number of ether oxygens (including phenoxy) is 2. The number of rotatable bonds is 21. The van der Waals surface area contributed by atoms with E-state index in [9.17, 15) is 99.0 Å². The van der Waals surface area contributed by atoms with Gasteiger partial charge in [-0.15, -0.1) is 5.10 Å². The molecule has 708 valence electrons. The van der Waals surface area contributed by atoms with E-state index in [0.717, 1.165) is 69.4 Å². The van der Waals surface area contributed by atoms with Gasteiger partial charge in [-0.25, -0.2) is 55.7 Å². The molecule has 3 aromatic carbocycles. The van der Waals surface area contributed by atoms with E-state index in [4.69, 9.17) is 30.8 Å². The summed E-state index contributed by atoms with van der Waals surface area (Å²) in [6.45, 7) is 7.86. The summed E-state index contributed by atoms with van der Waals surface area (Å²) in [4.78, 5) is 195. The third kappa shape index (κ3) is 15.9. The van der Waals surface area contributed by atoms with Gasteiger partial charge >= 0.3 is 35.8 Å². The summed E-state index contributed by atoms with van der Waals surface area (Å²) in [6.07, 6.45) is 8.74. The number of ketones is 5. The summed E-state index contributed by atoms with van der Waals surface area (Å²) in [5.41, 5.74) is 5.90. The maximum absolute atomic E-state index is 13.9. The number of carbonyl (C=O) groups excluding carboxylic acids is 12. The van der Waals surface area contributed by atoms with Crippen LogP contribution in [-0.2, 0) is 71.1 Å². The Bertz CT molecular complexity index is 7530. The van der Waals surface area contributed by atoms with Crippen LogP contribution in [0.2, 0.25) is 0 Å². The van der Waals surface area contributed by atoms with Gasteiger partial charge in [0.25, 0.3) is 58.5 Å². The normalized spacial score (nSPS) is 20.2. The van der Waals surface area contributed by atoms with Crippen molar-refractivity contribution >= 4 is 117 Å². The number of carboxylic acids is 3. The monoisotopic (exact) mass is 1900 g/mol. The second-order valence-electron chi connectivity index (χ2n) is 35.8. The number of nitriles is 3. The highest BCUT2D eigenvalue weighted by atomic mass is 19.3. The molecule has 11 aromatic rings. The third-order valence-corrected chi connectivity index (χ3v) is 27.4. The molecule has 8 N–H and O–H groups in total. The second kappa shape index (κ2) is 34.4. The molecule has 0 spiro atoms. The quantitative estimate of drug-likeness (QED) is 0.0109. The lowest BCUT2D eigenvalue weighted by atomic mass is 9.71. The van der Waals surface area contributed by atoms with Gasteiger partial charge in [-0.3, -0.25) is 43.2 Å². The first kappa shape index (κ1) is 92.4. The van der Waals surface area contributed by atoms with Gasteiger partial charge in [0, 0.05) is 94.8 Å². The molecule has 4 amide bonds. The SMILES string of the molecule is COC(=O)C(=O)c1c(C)c(C(=O)Nc2ccc(F)c(C#N)c2)n2c1C[C@H]1C[C@H]12.COC(=O)C(=O)c1c(C)c(C(=O)On2nnc3cccnc32)n2c1C[C@H]1C[C@H]12.Cc1c(C(=O)C(=O)NC2(c3cn[nH]n3)CC(F)(F)C2)c2n(c1C(=O)Nc1ccc(F)c(C#N)c1)[C@@H]1C[C@@H]1C2.Cc1c(C(=O)C(=O)O)c2n(c1C(=O)Nc1ccc(F)c(C#N)c1)[C@@H]1C[C@@H]1C2.Cc1c(C(=O)C(=O)O)c2n(c1C(=O)O)[C@@H]1C[C@@H]1C2. The molecular formula is C94H76F5N19O21. The second-order valence-corrected chi connectivity index (χ2v) is 35.8. The number of hydrogen-bond acceptors (Lipinski definition) is 26. The van der Waals surface area contributed by atoms with Crippen molar-refractivity contribution < 1.29 is 124 Å². The number of Topliss-reactive ketones (excluding diaryl/α,β-unsaturated/α-hetero) is 5. The molecule has 6 fully saturated rings. The first-order chi connectivity index (χ1) is 66.2. The fraction of sp³-hybridized carbons (Fsp3) is 0.330. The summed E-state index contributed by atoms with van der Waals surface area (Å²) in [7, 11) is 2.29. The van der Waals surface area contributed by atoms with E-state index in [1.807, 2.05) is 9.13 Å². The van der Waals surface area contributed by atoms with Crippen LogP contribution in [0, 0.1) is 116 Å². The lowest BCUT2D eigenvalue weighted by Gasteiger charge is -2.46. The Morgan fingerprint density at radius 2 is 0.820 bits per heavy atom. The number of nitrogens with zero attached hydrogens (tertiary/aromatic N) is 14. The molecule has 6 aliphatic carbocycles. The maximum atomic E-state index is 13.9. The van der Waals surface area contributed by atoms with Crippen LogP contribution in [0.4, 0.5) is 39.0 Å². The zero-order valence-corrected chi connectivity index (χ0v) is 74.1. The van der Waals surface area contributed by atoms with Gasteiger partial charge in [-0.05, 0) is 233 Å². The summed E-state index contributed by atoms with van der Waals surface area (Å²) >= 11 is 0. The number of amides is 4. The predicted molar refractivity (Wildman–Crippen MR) is 462 cm³/mol. The molecule has 8 aromatic heterocycles. The first-order valence-corrected chi connectivity index (χ1v) is 43.4. The van der Waals surface area contributed by atoms with Gasteiger partial charge in [0.05, 0.1) is 70.5 Å². The summed E-state index contributed by atoms with van der Waals surface area (Å²) in [5.74, 6) is -17.4. The lowest BCUT2D eigenvalue weighted by molar-refractivity contribution is -0.148. The average molecular weight is 1900 g/mol. The van der Waals surface area contributed by atoms with E-state index in [2.05, 4.69) is 61.4 Å². The van der Waals surface area contributed by atoms with E-state index in [1.165, 1.54) is 55.7 Å². The van der Waals surface area contributed by atoms with Crippen molar-refractivity contribution in [2.24, 2.45) is 29.6 Å². The number of aromatic amines is 1. The Hall–Kier alpha value is -17.1. The van der Waals surface area contributed by atoms with Gasteiger partial charge in [-0.2, -0.15) is 31.2 Å². The molecular weight excluding hydrogens is 1830 g/mol. The number of carbonyl (C=O) groups is 15. The van der Waals surface area contributed by atoms with Crippen LogP contribution < -0.4 is 26.1 Å². The standard InChI is InChI=1S/C25H20F3N7O3.C20H16FN3O4.C19H14FN3O4.C18H15N5O5.C12H11NO5/c1-11-19(21(36)23(38)32-24(9-25(27,28)10-24)18-8-30-34-33-18)17-6-12-5-16(12)35(17)20(11)22(37)31-14-2-3-15(26)13(4-14)7-29;1-9-16(18(25)20(27)28-2)15-7-10-6-14(10)24(15)17(9)19(26)23-12-3-4-13(21)11(5-12)8-22;1-8-15(17(24)19(26)27)14-6-9-5-13(9)23(14)16(8)18(25)22-11-2-3-12(20)10(4-11)7-21;1-8-13(15(24)18(26)27-2)12-7-9-6-11(9)22(12)14(8)17(25)28-23-16-10(20-21-23)4-3-5-19-16;1-4-8(10(14)12(17)18)7-3-5-2-6(5)13(7)9(4)11(15)16/h2-4,8,12,16H,5-6,9-10H2,1H3,(H,31,37)(H,32,38)(H,30,33,34);3-5,10,14H,6-7H2,1-2H3,(H,23,26);2-4,9,13H,5-6H2,1H3,(H,22,25)(H,26,27);3-5,9,11H,6-7H2,1-2H3;5-6H,2-3H2,1H3,(H,15,16)(H,17,18)/t12-,16-;10-,14-;9-,13-;9-,11-;5-,6-/m11111/s1. The topological polar surface area (TPSA) is 574 Å². The number of esters is 2. The molecule has 0 saturated heterocycles. The van der Waals surface area contributed by atoms with E-state index >= 15 is 0 Å². The fourth-order valence-corrected chi connectivity index (χ4v) is 20.8. The molecule has 0 bridgehead atoms. The van der Waals surface area contributed by atoms with Crippen molar-refractivity contribution in [2.45, 2.75) is 153 Å². The molecule has 40 nitrogen and oxygen atoms in total. The highest BCUT2D eigenvalue weighted by molar-refractivity contribution is 6.45. The number of benzene rings is 3. The van der Waals surface area contributed by atoms with Crippen molar-refractivity contribution in [3.63, 3.8) is 0 Å². The van der Waals surface area contributed by atoms with E-state index in [1.54, 1.807) is 71.7 Å². The molecule has 5 aliphatic heterocycles. The molecule has 6 saturated carbocycles. The van der Waals surface area contributed by atoms with Gasteiger partial charge in [-0.1, -0.05) is 0 Å². The number of carboxylic acid groups (broad SMARTS) is 3. The number of nitrogens with one attached hydrogen (secondary N) is 5. The van der Waals surface area contributed by atoms with Gasteiger partial charge < -0.3 is 73.7 Å². The van der Waals surface area contributed by atoms with Crippen LogP contribution in [0.1, 0.15) is 258 Å². The molecule has 0 unspecified atom stereocenters. The number of aromatic carboxylic acids is 1. The van der Waals surface area contributed by atoms with Crippen molar-refractivity contribution in [2.75, 3.05) is 30.2 Å². The Kier molecular flexibility index (Phi) is 22.8. The molecule has 139 heavy (non-hydrogen) atoms. The Morgan fingerprint density at radius 1 is 0.475 bits per heavy atom. The maximum Gasteiger partial charge on any atom is 0.382 e. The highest BCUT2D eigenvalue weighted by Crippen LogP contribution is 2.60. The number of aromatic nitrogens is 12. The molecule has 11 aliphatic rings. The average Bonchev–Trinajstić information content (AvgIpc) is 1.58. The number of pyridine rings is 1. The van der Waals surface area contributed by atoms with Crippen LogP contribution in [0.3, 0.4) is 0 Å². The van der Waals surface area contributed by atoms with Gasteiger partial charge in [0.15, 0.2) is 0 Å². The number of hydrogen-bond donors (Lipinski definition) is 8. The molecule has 13 heterocycles.